The van der Waals surface area contributed by atoms with Crippen molar-refractivity contribution in [2.24, 2.45) is 0 Å². The Hall–Kier alpha value is -1.90. The van der Waals surface area contributed by atoms with Gasteiger partial charge in [0.2, 0.25) is 0 Å². The van der Waals surface area contributed by atoms with Gasteiger partial charge < -0.3 is 0 Å². The molecule has 0 saturated heterocycles. The minimum Gasteiger partial charge on any atom is -0.278 e. The van der Waals surface area contributed by atoms with Crippen LogP contribution in [0.2, 0.25) is 0 Å². The van der Waals surface area contributed by atoms with Gasteiger partial charge in [0.25, 0.3) is 0 Å². The third-order valence-electron chi connectivity index (χ3n) is 2.04. The lowest BCUT2D eigenvalue weighted by atomic mass is 10.1. The highest BCUT2D eigenvalue weighted by molar-refractivity contribution is 5.76. The van der Waals surface area contributed by atoms with Crippen molar-refractivity contribution in [3.05, 3.63) is 43.0 Å². The molecule has 2 rings (SSSR count). The molecular weight excluding hydrogens is 174 g/mol. The number of pyridine rings is 1. The zero-order valence-electron chi connectivity index (χ0n) is 7.99. The van der Waals surface area contributed by atoms with Crippen LogP contribution in [0, 0.1) is 0 Å². The minimum atomic E-state index is 0.970. The van der Waals surface area contributed by atoms with Crippen LogP contribution in [-0.2, 0) is 0 Å². The smallest absolute Gasteiger partial charge is 0.0680 e. The summed E-state index contributed by atoms with van der Waals surface area (Å²) < 4.78 is 0. The zero-order valence-corrected chi connectivity index (χ0v) is 7.99. The summed E-state index contributed by atoms with van der Waals surface area (Å²) in [5, 5.41) is 6.93. The van der Waals surface area contributed by atoms with E-state index in [2.05, 4.69) is 21.8 Å². The Kier molecular flexibility index (Phi) is 2.14. The van der Waals surface area contributed by atoms with E-state index in [0.717, 1.165) is 22.4 Å². The summed E-state index contributed by atoms with van der Waals surface area (Å²) in [5.74, 6) is 0. The first-order valence-corrected chi connectivity index (χ1v) is 4.38. The Morgan fingerprint density at radius 2 is 2.29 bits per heavy atom. The predicted octanol–water partition coefficient (Wildman–Crippen LogP) is 2.50. The molecule has 3 nitrogen and oxygen atoms in total. The average molecular weight is 185 g/mol. The van der Waals surface area contributed by atoms with Gasteiger partial charge >= 0.3 is 0 Å². The van der Waals surface area contributed by atoms with Crippen molar-refractivity contribution in [1.29, 1.82) is 0 Å². The van der Waals surface area contributed by atoms with Gasteiger partial charge in [-0.05, 0) is 18.6 Å². The van der Waals surface area contributed by atoms with Gasteiger partial charge in [-0.2, -0.15) is 5.10 Å². The zero-order chi connectivity index (χ0) is 9.97. The molecule has 0 aliphatic heterocycles. The molecule has 0 atom stereocenters. The van der Waals surface area contributed by atoms with Crippen LogP contribution in [0.4, 0.5) is 0 Å². The molecule has 0 aromatic carbocycles. The van der Waals surface area contributed by atoms with Gasteiger partial charge in [-0.1, -0.05) is 12.6 Å². The van der Waals surface area contributed by atoms with E-state index >= 15 is 0 Å². The first-order valence-electron chi connectivity index (χ1n) is 4.38. The summed E-state index contributed by atoms with van der Waals surface area (Å²) in [4.78, 5) is 4.07. The molecular formula is C11H11N3. The molecule has 2 aromatic rings. The van der Waals surface area contributed by atoms with Gasteiger partial charge in [0.15, 0.2) is 0 Å². The molecule has 0 saturated carbocycles. The van der Waals surface area contributed by atoms with Crippen LogP contribution in [0.3, 0.4) is 0 Å². The molecule has 0 unspecified atom stereocenters. The second kappa shape index (κ2) is 3.46. The Labute approximate surface area is 82.5 Å². The molecule has 0 spiro atoms. The average Bonchev–Trinajstić information content (AvgIpc) is 2.67. The van der Waals surface area contributed by atoms with E-state index in [9.17, 15) is 0 Å². The maximum Gasteiger partial charge on any atom is 0.0680 e. The summed E-state index contributed by atoms with van der Waals surface area (Å²) in [7, 11) is 0. The summed E-state index contributed by atoms with van der Waals surface area (Å²) in [6.45, 7) is 5.84. The van der Waals surface area contributed by atoms with E-state index in [1.807, 2.05) is 25.3 Å². The van der Waals surface area contributed by atoms with E-state index in [0.29, 0.717) is 0 Å². The highest BCUT2D eigenvalue weighted by Crippen LogP contribution is 2.24. The largest absolute Gasteiger partial charge is 0.278 e. The number of nitrogens with zero attached hydrogens (tertiary/aromatic N) is 2. The van der Waals surface area contributed by atoms with Crippen LogP contribution in [0.15, 0.2) is 37.3 Å². The fraction of sp³-hybridized carbons (Fsp3) is 0.0909. The summed E-state index contributed by atoms with van der Waals surface area (Å²) in [6.07, 6.45) is 5.36. The molecule has 0 aliphatic rings. The normalized spacial score (nSPS) is 10.1. The van der Waals surface area contributed by atoms with Gasteiger partial charge in [-0.15, -0.1) is 0 Å². The Bertz CT molecular complexity index is 443. The Morgan fingerprint density at radius 3 is 2.93 bits per heavy atom. The summed E-state index contributed by atoms with van der Waals surface area (Å²) >= 11 is 0. The van der Waals surface area contributed by atoms with Crippen LogP contribution in [0.25, 0.3) is 16.7 Å². The summed E-state index contributed by atoms with van der Waals surface area (Å²) in [5.41, 5.74) is 4.05. The van der Waals surface area contributed by atoms with Crippen LogP contribution in [0.1, 0.15) is 12.6 Å². The molecule has 0 aliphatic carbocycles. The molecule has 0 fully saturated rings. The van der Waals surface area contributed by atoms with E-state index in [1.165, 1.54) is 0 Å². The van der Waals surface area contributed by atoms with E-state index in [-0.39, 0.29) is 0 Å². The molecule has 3 heteroatoms. The van der Waals surface area contributed by atoms with Gasteiger partial charge in [-0.25, -0.2) is 0 Å². The molecule has 14 heavy (non-hydrogen) atoms. The molecule has 2 aromatic heterocycles. The van der Waals surface area contributed by atoms with Crippen molar-refractivity contribution >= 4 is 5.57 Å². The van der Waals surface area contributed by atoms with Crippen molar-refractivity contribution in [3.8, 4) is 11.1 Å². The lowest BCUT2D eigenvalue weighted by Crippen LogP contribution is -1.83. The van der Waals surface area contributed by atoms with Gasteiger partial charge in [0.05, 0.1) is 11.9 Å². The molecule has 0 bridgehead atoms. The fourth-order valence-corrected chi connectivity index (χ4v) is 1.35. The molecule has 0 radical (unpaired) electrons. The molecule has 0 amide bonds. The van der Waals surface area contributed by atoms with Crippen molar-refractivity contribution in [3.63, 3.8) is 0 Å². The molecule has 2 heterocycles. The van der Waals surface area contributed by atoms with Crippen molar-refractivity contribution in [1.82, 2.24) is 15.2 Å². The monoisotopic (exact) mass is 185 g/mol. The maximum absolute atomic E-state index is 4.07. The highest BCUT2D eigenvalue weighted by Gasteiger charge is 2.07. The Balaban J connectivity index is 2.52. The Morgan fingerprint density at radius 1 is 1.43 bits per heavy atom. The first kappa shape index (κ1) is 8.69. The van der Waals surface area contributed by atoms with Crippen molar-refractivity contribution < 1.29 is 0 Å². The fourth-order valence-electron chi connectivity index (χ4n) is 1.35. The number of allylic oxidation sites excluding steroid dienone is 1. The second-order valence-electron chi connectivity index (χ2n) is 3.18. The lowest BCUT2D eigenvalue weighted by Gasteiger charge is -2.00. The van der Waals surface area contributed by atoms with Crippen LogP contribution in [0.5, 0.6) is 0 Å². The number of hydrogen-bond acceptors (Lipinski definition) is 2. The van der Waals surface area contributed by atoms with Gasteiger partial charge in [0.1, 0.15) is 0 Å². The number of nitrogens with one attached hydrogen (secondary N) is 1. The predicted molar refractivity (Wildman–Crippen MR) is 56.5 cm³/mol. The second-order valence-corrected chi connectivity index (χ2v) is 3.18. The summed E-state index contributed by atoms with van der Waals surface area (Å²) in [6, 6.07) is 3.91. The number of aromatic nitrogens is 3. The minimum absolute atomic E-state index is 0.970. The van der Waals surface area contributed by atoms with Crippen LogP contribution < -0.4 is 0 Å². The SMILES string of the molecule is C=C(C)c1[nH]ncc1-c1cccnc1. The third kappa shape index (κ3) is 1.44. The number of aromatic amines is 1. The molecule has 1 N–H and O–H groups in total. The van der Waals surface area contributed by atoms with Crippen LogP contribution in [-0.4, -0.2) is 15.2 Å². The van der Waals surface area contributed by atoms with Crippen molar-refractivity contribution in [2.45, 2.75) is 6.92 Å². The topological polar surface area (TPSA) is 41.6 Å². The number of hydrogen-bond donors (Lipinski definition) is 1. The lowest BCUT2D eigenvalue weighted by molar-refractivity contribution is 1.07. The highest BCUT2D eigenvalue weighted by atomic mass is 15.1. The van der Waals surface area contributed by atoms with E-state index in [4.69, 9.17) is 0 Å². The number of rotatable bonds is 2. The third-order valence-corrected chi connectivity index (χ3v) is 2.04. The van der Waals surface area contributed by atoms with E-state index in [1.54, 1.807) is 12.4 Å². The van der Waals surface area contributed by atoms with E-state index < -0.39 is 0 Å². The van der Waals surface area contributed by atoms with Crippen LogP contribution >= 0.6 is 0 Å². The number of H-pyrrole nitrogens is 1. The quantitative estimate of drug-likeness (QED) is 0.781. The van der Waals surface area contributed by atoms with Gasteiger partial charge in [-0.3, -0.25) is 10.1 Å². The maximum atomic E-state index is 4.07. The first-order chi connectivity index (χ1) is 6.79. The molecule has 70 valence electrons. The van der Waals surface area contributed by atoms with Crippen molar-refractivity contribution in [2.75, 3.05) is 0 Å². The standard InChI is InChI=1S/C11H11N3/c1-8(2)11-10(7-13-14-11)9-4-3-5-12-6-9/h3-7H,1H2,2H3,(H,13,14). The van der Waals surface area contributed by atoms with Gasteiger partial charge in [0, 0.05) is 23.5 Å².